The highest BCUT2D eigenvalue weighted by Gasteiger charge is 2.58. The third-order valence-electron chi connectivity index (χ3n) is 4.81. The van der Waals surface area contributed by atoms with Gasteiger partial charge in [0.1, 0.15) is 5.75 Å². The number of ether oxygens (including phenoxy) is 2. The zero-order chi connectivity index (χ0) is 13.5. The second-order valence-electron chi connectivity index (χ2n) is 6.24. The molecule has 1 saturated heterocycles. The highest BCUT2D eigenvalue weighted by molar-refractivity contribution is 5.33. The molecule has 2 fully saturated rings. The molecule has 3 nitrogen and oxygen atoms in total. The van der Waals surface area contributed by atoms with Crippen molar-refractivity contribution in [3.8, 4) is 5.75 Å². The molecule has 3 unspecified atom stereocenters. The molecular weight excluding hydrogens is 238 g/mol. The summed E-state index contributed by atoms with van der Waals surface area (Å²) >= 11 is 0. The van der Waals surface area contributed by atoms with E-state index >= 15 is 0 Å². The molecule has 1 heterocycles. The van der Waals surface area contributed by atoms with Gasteiger partial charge in [-0.15, -0.1) is 0 Å². The molecule has 0 radical (unpaired) electrons. The summed E-state index contributed by atoms with van der Waals surface area (Å²) in [7, 11) is 1.73. The van der Waals surface area contributed by atoms with Crippen LogP contribution in [0.15, 0.2) is 24.3 Å². The predicted molar refractivity (Wildman–Crippen MR) is 75.2 cm³/mol. The van der Waals surface area contributed by atoms with Crippen LogP contribution in [0.5, 0.6) is 5.75 Å². The third-order valence-corrected chi connectivity index (χ3v) is 4.81. The van der Waals surface area contributed by atoms with E-state index in [2.05, 4.69) is 31.3 Å². The molecule has 3 rings (SSSR count). The third kappa shape index (κ3) is 2.05. The van der Waals surface area contributed by atoms with Crippen molar-refractivity contribution in [3.05, 3.63) is 29.8 Å². The average molecular weight is 261 g/mol. The first-order valence-corrected chi connectivity index (χ1v) is 7.11. The van der Waals surface area contributed by atoms with Crippen molar-refractivity contribution >= 4 is 0 Å². The van der Waals surface area contributed by atoms with Crippen LogP contribution < -0.4 is 10.1 Å². The lowest BCUT2D eigenvalue weighted by Crippen LogP contribution is -2.65. The quantitative estimate of drug-likeness (QED) is 0.903. The molecule has 1 aromatic rings. The number of rotatable bonds is 4. The Morgan fingerprint density at radius 2 is 2.16 bits per heavy atom. The number of fused-ring (bicyclic) bond motifs is 1. The monoisotopic (exact) mass is 261 g/mol. The fourth-order valence-electron chi connectivity index (χ4n) is 3.81. The van der Waals surface area contributed by atoms with E-state index in [4.69, 9.17) is 9.47 Å². The van der Waals surface area contributed by atoms with E-state index in [9.17, 15) is 0 Å². The minimum atomic E-state index is 0.239. The van der Waals surface area contributed by atoms with Crippen LogP contribution in [0.4, 0.5) is 0 Å². The summed E-state index contributed by atoms with van der Waals surface area (Å²) in [5.74, 6) is 1.65. The van der Waals surface area contributed by atoms with Crippen LogP contribution in [0, 0.1) is 11.3 Å². The number of benzene rings is 1. The van der Waals surface area contributed by atoms with Crippen molar-refractivity contribution in [1.29, 1.82) is 0 Å². The first-order valence-electron chi connectivity index (χ1n) is 7.11. The largest absolute Gasteiger partial charge is 0.496 e. The maximum absolute atomic E-state index is 5.83. The van der Waals surface area contributed by atoms with E-state index < -0.39 is 0 Å². The van der Waals surface area contributed by atoms with E-state index in [-0.39, 0.29) is 5.41 Å². The van der Waals surface area contributed by atoms with Crippen LogP contribution >= 0.6 is 0 Å². The minimum Gasteiger partial charge on any atom is -0.496 e. The molecule has 1 saturated carbocycles. The van der Waals surface area contributed by atoms with E-state index in [0.717, 1.165) is 18.9 Å². The van der Waals surface area contributed by atoms with Crippen LogP contribution in [0.25, 0.3) is 0 Å². The second-order valence-corrected chi connectivity index (χ2v) is 6.24. The summed E-state index contributed by atoms with van der Waals surface area (Å²) in [6.45, 7) is 6.39. The number of hydrogen-bond acceptors (Lipinski definition) is 3. The number of nitrogens with one attached hydrogen (secondary N) is 1. The van der Waals surface area contributed by atoms with Gasteiger partial charge in [-0.2, -0.15) is 0 Å². The van der Waals surface area contributed by atoms with Crippen LogP contribution in [0.2, 0.25) is 0 Å². The summed E-state index contributed by atoms with van der Waals surface area (Å²) in [6.07, 6.45) is 1.64. The van der Waals surface area contributed by atoms with Crippen LogP contribution in [-0.4, -0.2) is 25.9 Å². The smallest absolute Gasteiger partial charge is 0.123 e. The maximum atomic E-state index is 5.83. The molecule has 1 aliphatic carbocycles. The molecule has 104 valence electrons. The van der Waals surface area contributed by atoms with E-state index in [1.54, 1.807) is 7.11 Å². The first kappa shape index (κ1) is 12.9. The fraction of sp³-hybridized carbons (Fsp3) is 0.625. The van der Waals surface area contributed by atoms with Crippen molar-refractivity contribution in [2.75, 3.05) is 13.7 Å². The Bertz CT molecular complexity index is 458. The van der Waals surface area contributed by atoms with E-state index in [1.807, 2.05) is 12.1 Å². The Balaban J connectivity index is 1.66. The molecule has 1 aromatic carbocycles. The number of methoxy groups -OCH3 is 1. The van der Waals surface area contributed by atoms with Crippen LogP contribution in [0.1, 0.15) is 25.8 Å². The number of para-hydroxylation sites is 1. The van der Waals surface area contributed by atoms with Gasteiger partial charge in [-0.1, -0.05) is 32.0 Å². The normalized spacial score (nSPS) is 31.6. The molecule has 0 aromatic heterocycles. The van der Waals surface area contributed by atoms with E-state index in [1.165, 1.54) is 12.0 Å². The zero-order valence-corrected chi connectivity index (χ0v) is 12.0. The predicted octanol–water partition coefficient (Wildman–Crippen LogP) is 2.60. The average Bonchev–Trinajstić information content (AvgIpc) is 2.86. The number of hydrogen-bond donors (Lipinski definition) is 1. The second kappa shape index (κ2) is 4.80. The van der Waals surface area contributed by atoms with Gasteiger partial charge in [0.2, 0.25) is 0 Å². The highest BCUT2D eigenvalue weighted by Crippen LogP contribution is 2.52. The lowest BCUT2D eigenvalue weighted by molar-refractivity contribution is -0.113. The van der Waals surface area contributed by atoms with Crippen molar-refractivity contribution < 1.29 is 9.47 Å². The molecule has 0 amide bonds. The Labute approximate surface area is 115 Å². The summed E-state index contributed by atoms with van der Waals surface area (Å²) in [5, 5.41) is 3.71. The van der Waals surface area contributed by atoms with Crippen molar-refractivity contribution in [2.24, 2.45) is 11.3 Å². The van der Waals surface area contributed by atoms with Crippen LogP contribution in [0.3, 0.4) is 0 Å². The van der Waals surface area contributed by atoms with Crippen LogP contribution in [-0.2, 0) is 11.3 Å². The van der Waals surface area contributed by atoms with E-state index in [0.29, 0.717) is 18.1 Å². The first-order chi connectivity index (χ1) is 9.14. The van der Waals surface area contributed by atoms with Gasteiger partial charge in [-0.3, -0.25) is 0 Å². The van der Waals surface area contributed by atoms with Gasteiger partial charge in [-0.25, -0.2) is 0 Å². The summed E-state index contributed by atoms with van der Waals surface area (Å²) in [6, 6.07) is 8.76. The van der Waals surface area contributed by atoms with Gasteiger partial charge in [0.05, 0.1) is 13.2 Å². The standard InChI is InChI=1S/C16H23NO2/c1-16(2)14(12-8-9-19-15(12)16)17-10-11-6-4-5-7-13(11)18-3/h4-7,12,14-15,17H,8-10H2,1-3H3. The molecule has 3 atom stereocenters. The molecule has 0 bridgehead atoms. The minimum absolute atomic E-state index is 0.239. The molecule has 3 heteroatoms. The maximum Gasteiger partial charge on any atom is 0.123 e. The van der Waals surface area contributed by atoms with Gasteiger partial charge in [0.25, 0.3) is 0 Å². The van der Waals surface area contributed by atoms with Gasteiger partial charge < -0.3 is 14.8 Å². The van der Waals surface area contributed by atoms with Gasteiger partial charge >= 0.3 is 0 Å². The molecule has 19 heavy (non-hydrogen) atoms. The lowest BCUT2D eigenvalue weighted by atomic mass is 9.57. The molecule has 0 spiro atoms. The molecule has 2 aliphatic rings. The zero-order valence-electron chi connectivity index (χ0n) is 12.0. The molecule has 1 aliphatic heterocycles. The van der Waals surface area contributed by atoms with Crippen molar-refractivity contribution in [2.45, 2.75) is 39.0 Å². The lowest BCUT2D eigenvalue weighted by Gasteiger charge is -2.55. The van der Waals surface area contributed by atoms with Gasteiger partial charge in [0.15, 0.2) is 0 Å². The Morgan fingerprint density at radius 1 is 1.37 bits per heavy atom. The van der Waals surface area contributed by atoms with Gasteiger partial charge in [-0.05, 0) is 12.5 Å². The topological polar surface area (TPSA) is 30.5 Å². The highest BCUT2D eigenvalue weighted by atomic mass is 16.5. The summed E-state index contributed by atoms with van der Waals surface area (Å²) in [5.41, 5.74) is 1.46. The molecule has 1 N–H and O–H groups in total. The Kier molecular flexibility index (Phi) is 3.27. The van der Waals surface area contributed by atoms with Gasteiger partial charge in [0, 0.05) is 36.1 Å². The molecular formula is C16H23NO2. The van der Waals surface area contributed by atoms with Crippen molar-refractivity contribution in [1.82, 2.24) is 5.32 Å². The Morgan fingerprint density at radius 3 is 2.95 bits per heavy atom. The summed E-state index contributed by atoms with van der Waals surface area (Å²) < 4.78 is 11.2. The summed E-state index contributed by atoms with van der Waals surface area (Å²) in [4.78, 5) is 0. The van der Waals surface area contributed by atoms with Crippen molar-refractivity contribution in [3.63, 3.8) is 0 Å². The SMILES string of the molecule is COc1ccccc1CNC1C2CCOC2C1(C)C. The fourth-order valence-corrected chi connectivity index (χ4v) is 3.81. The Hall–Kier alpha value is -1.06.